The fourth-order valence-corrected chi connectivity index (χ4v) is 1.67. The van der Waals surface area contributed by atoms with Crippen molar-refractivity contribution in [2.75, 3.05) is 11.1 Å². The smallest absolute Gasteiger partial charge is 0.337 e. The topological polar surface area (TPSA) is 88.5 Å². The molecule has 0 saturated carbocycles. The largest absolute Gasteiger partial charge is 0.478 e. The third kappa shape index (κ3) is 2.85. The molecule has 4 N–H and O–H groups in total. The third-order valence-electron chi connectivity index (χ3n) is 2.62. The Labute approximate surface area is 108 Å². The van der Waals surface area contributed by atoms with Gasteiger partial charge in [0.05, 0.1) is 17.8 Å². The number of aryl methyl sites for hydroxylation is 1. The minimum Gasteiger partial charge on any atom is -0.478 e. The van der Waals surface area contributed by atoms with Gasteiger partial charge in [0.15, 0.2) is 0 Å². The molecule has 0 spiro atoms. The van der Waals surface area contributed by atoms with Gasteiger partial charge in [-0.25, -0.2) is 9.18 Å². The zero-order valence-electron chi connectivity index (χ0n) is 10.2. The molecule has 0 aliphatic heterocycles. The average molecular weight is 264 g/mol. The van der Waals surface area contributed by atoms with E-state index in [1.54, 1.807) is 19.1 Å². The molecule has 1 aromatic carbocycles. The molecule has 0 saturated heterocycles. The second kappa shape index (κ2) is 5.01. The Morgan fingerprint density at radius 2 is 2.21 bits per heavy atom. The molecule has 5 nitrogen and oxygen atoms in total. The highest BCUT2D eigenvalue weighted by molar-refractivity contribution is 5.94. The van der Waals surface area contributed by atoms with Crippen LogP contribution in [0.2, 0.25) is 0 Å². The third-order valence-corrected chi connectivity index (χ3v) is 2.62. The highest BCUT2D eigenvalue weighted by Crippen LogP contribution is 2.23. The summed E-state index contributed by atoms with van der Waals surface area (Å²) in [6.45, 7) is 2.06. The Hall–Kier alpha value is -2.50. The van der Waals surface area contributed by atoms with Gasteiger partial charge in [-0.2, -0.15) is 0 Å². The van der Waals surface area contributed by atoms with Crippen LogP contribution in [0.4, 0.5) is 15.8 Å². The molecule has 0 aliphatic carbocycles. The van der Waals surface area contributed by atoms with Crippen LogP contribution < -0.4 is 11.1 Å². The summed E-state index contributed by atoms with van der Waals surface area (Å²) < 4.78 is 19.0. The summed E-state index contributed by atoms with van der Waals surface area (Å²) in [4.78, 5) is 10.9. The maximum Gasteiger partial charge on any atom is 0.337 e. The Balaban J connectivity index is 2.20. The fourth-order valence-electron chi connectivity index (χ4n) is 1.67. The SMILES string of the molecule is Cc1ccc(CNc2cc(C(=O)O)c(N)cc2F)o1. The van der Waals surface area contributed by atoms with Crippen LogP contribution in [0.3, 0.4) is 0 Å². The predicted molar refractivity (Wildman–Crippen MR) is 68.5 cm³/mol. The molecular formula is C13H13FN2O3. The molecule has 0 atom stereocenters. The molecule has 1 heterocycles. The van der Waals surface area contributed by atoms with Gasteiger partial charge in [0, 0.05) is 5.69 Å². The van der Waals surface area contributed by atoms with Crippen molar-refractivity contribution in [1.82, 2.24) is 0 Å². The molecule has 0 fully saturated rings. The molecule has 0 radical (unpaired) electrons. The molecule has 0 bridgehead atoms. The summed E-state index contributed by atoms with van der Waals surface area (Å²) >= 11 is 0. The Morgan fingerprint density at radius 3 is 2.79 bits per heavy atom. The molecule has 2 aromatic rings. The second-order valence-corrected chi connectivity index (χ2v) is 4.09. The Kier molecular flexibility index (Phi) is 3.41. The summed E-state index contributed by atoms with van der Waals surface area (Å²) in [7, 11) is 0. The molecular weight excluding hydrogens is 251 g/mol. The van der Waals surface area contributed by atoms with Crippen molar-refractivity contribution in [3.63, 3.8) is 0 Å². The standard InChI is InChI=1S/C13H13FN2O3/c1-7-2-3-8(19-7)6-16-12-4-9(13(17)18)11(15)5-10(12)14/h2-5,16H,6,15H2,1H3,(H,17,18). The number of hydrogen-bond donors (Lipinski definition) is 3. The number of nitrogens with one attached hydrogen (secondary N) is 1. The number of benzene rings is 1. The number of furan rings is 1. The zero-order chi connectivity index (χ0) is 14.0. The molecule has 0 unspecified atom stereocenters. The van der Waals surface area contributed by atoms with E-state index in [1.165, 1.54) is 6.07 Å². The van der Waals surface area contributed by atoms with Crippen LogP contribution in [0.25, 0.3) is 0 Å². The Morgan fingerprint density at radius 1 is 1.47 bits per heavy atom. The number of aromatic carboxylic acids is 1. The van der Waals surface area contributed by atoms with Gasteiger partial charge in [-0.3, -0.25) is 0 Å². The van der Waals surface area contributed by atoms with E-state index in [1.807, 2.05) is 0 Å². The summed E-state index contributed by atoms with van der Waals surface area (Å²) in [5.74, 6) is -0.424. The van der Waals surface area contributed by atoms with Crippen LogP contribution in [-0.2, 0) is 6.54 Å². The number of hydrogen-bond acceptors (Lipinski definition) is 4. The average Bonchev–Trinajstić information content (AvgIpc) is 2.73. The van der Waals surface area contributed by atoms with Crippen molar-refractivity contribution in [2.45, 2.75) is 13.5 Å². The predicted octanol–water partition coefficient (Wildman–Crippen LogP) is 2.62. The van der Waals surface area contributed by atoms with Gasteiger partial charge in [0.25, 0.3) is 0 Å². The number of halogens is 1. The Bertz CT molecular complexity index is 622. The maximum absolute atomic E-state index is 13.6. The molecule has 2 rings (SSSR count). The minimum atomic E-state index is -1.20. The monoisotopic (exact) mass is 264 g/mol. The van der Waals surface area contributed by atoms with E-state index < -0.39 is 11.8 Å². The van der Waals surface area contributed by atoms with Crippen LogP contribution >= 0.6 is 0 Å². The summed E-state index contributed by atoms with van der Waals surface area (Å²) in [6, 6.07) is 5.71. The molecule has 1 aromatic heterocycles. The summed E-state index contributed by atoms with van der Waals surface area (Å²) in [6.07, 6.45) is 0. The number of carboxylic acid groups (broad SMARTS) is 1. The lowest BCUT2D eigenvalue weighted by Gasteiger charge is -2.09. The number of nitrogen functional groups attached to an aromatic ring is 1. The first-order valence-corrected chi connectivity index (χ1v) is 5.59. The number of rotatable bonds is 4. The minimum absolute atomic E-state index is 0.0700. The highest BCUT2D eigenvalue weighted by atomic mass is 19.1. The van der Waals surface area contributed by atoms with E-state index in [0.717, 1.165) is 11.8 Å². The molecule has 0 aliphatic rings. The number of carboxylic acids is 1. The van der Waals surface area contributed by atoms with Crippen LogP contribution in [0, 0.1) is 12.7 Å². The highest BCUT2D eigenvalue weighted by Gasteiger charge is 2.13. The number of anilines is 2. The van der Waals surface area contributed by atoms with Gasteiger partial charge in [-0.15, -0.1) is 0 Å². The van der Waals surface area contributed by atoms with Crippen molar-refractivity contribution in [1.29, 1.82) is 0 Å². The van der Waals surface area contributed by atoms with E-state index in [0.29, 0.717) is 5.76 Å². The summed E-state index contributed by atoms with van der Waals surface area (Å²) in [5, 5.41) is 11.7. The van der Waals surface area contributed by atoms with Crippen LogP contribution in [0.15, 0.2) is 28.7 Å². The van der Waals surface area contributed by atoms with Crippen LogP contribution in [0.1, 0.15) is 21.9 Å². The maximum atomic E-state index is 13.6. The van der Waals surface area contributed by atoms with Gasteiger partial charge in [-0.1, -0.05) is 0 Å². The lowest BCUT2D eigenvalue weighted by Crippen LogP contribution is -2.07. The molecule has 100 valence electrons. The van der Waals surface area contributed by atoms with Crippen LogP contribution in [0.5, 0.6) is 0 Å². The number of nitrogens with two attached hydrogens (primary N) is 1. The normalized spacial score (nSPS) is 10.4. The van der Waals surface area contributed by atoms with E-state index in [4.69, 9.17) is 15.3 Å². The zero-order valence-corrected chi connectivity index (χ0v) is 10.2. The van der Waals surface area contributed by atoms with E-state index in [2.05, 4.69) is 5.32 Å². The lowest BCUT2D eigenvalue weighted by atomic mass is 10.1. The van der Waals surface area contributed by atoms with Gasteiger partial charge < -0.3 is 20.6 Å². The van der Waals surface area contributed by atoms with Crippen molar-refractivity contribution < 1.29 is 18.7 Å². The van der Waals surface area contributed by atoms with Gasteiger partial charge in [0.2, 0.25) is 0 Å². The molecule has 0 amide bonds. The van der Waals surface area contributed by atoms with Crippen molar-refractivity contribution >= 4 is 17.3 Å². The van der Waals surface area contributed by atoms with Gasteiger partial charge in [0.1, 0.15) is 17.3 Å². The summed E-state index contributed by atoms with van der Waals surface area (Å²) in [5.41, 5.74) is 5.26. The fraction of sp³-hybridized carbons (Fsp3) is 0.154. The molecule has 6 heteroatoms. The van der Waals surface area contributed by atoms with E-state index in [9.17, 15) is 9.18 Å². The van der Waals surface area contributed by atoms with Crippen LogP contribution in [-0.4, -0.2) is 11.1 Å². The molecule has 19 heavy (non-hydrogen) atoms. The van der Waals surface area contributed by atoms with E-state index >= 15 is 0 Å². The first-order valence-electron chi connectivity index (χ1n) is 5.59. The van der Waals surface area contributed by atoms with Gasteiger partial charge >= 0.3 is 5.97 Å². The van der Waals surface area contributed by atoms with Crippen molar-refractivity contribution in [3.05, 3.63) is 47.2 Å². The second-order valence-electron chi connectivity index (χ2n) is 4.09. The lowest BCUT2D eigenvalue weighted by molar-refractivity contribution is 0.0698. The number of carbonyl (C=O) groups is 1. The first kappa shape index (κ1) is 12.9. The van der Waals surface area contributed by atoms with Gasteiger partial charge in [-0.05, 0) is 31.2 Å². The quantitative estimate of drug-likeness (QED) is 0.739. The van der Waals surface area contributed by atoms with Crippen molar-refractivity contribution in [2.24, 2.45) is 0 Å². The van der Waals surface area contributed by atoms with E-state index in [-0.39, 0.29) is 23.5 Å². The van der Waals surface area contributed by atoms with Crippen molar-refractivity contribution in [3.8, 4) is 0 Å². The first-order chi connectivity index (χ1) is 8.97.